The number of carbonyl (C=O) groups excluding carboxylic acids is 1. The molecule has 0 spiro atoms. The van der Waals surface area contributed by atoms with Crippen LogP contribution in [-0.2, 0) is 21.2 Å². The molecule has 200 valence electrons. The molecule has 1 unspecified atom stereocenters. The summed E-state index contributed by atoms with van der Waals surface area (Å²) in [5, 5.41) is 33.5. The van der Waals surface area contributed by atoms with Gasteiger partial charge in [0.05, 0.1) is 4.90 Å². The zero-order valence-electron chi connectivity index (χ0n) is 20.1. The van der Waals surface area contributed by atoms with E-state index >= 15 is 0 Å². The maximum atomic E-state index is 13.3. The molecule has 1 fully saturated rings. The Bertz CT molecular complexity index is 1400. The van der Waals surface area contributed by atoms with Crippen LogP contribution in [0.1, 0.15) is 22.8 Å². The Morgan fingerprint density at radius 3 is 2.24 bits per heavy atom. The lowest BCUT2D eigenvalue weighted by Gasteiger charge is -2.28. The molecule has 2 N–H and O–H groups in total. The fourth-order valence-corrected chi connectivity index (χ4v) is 5.74. The minimum absolute atomic E-state index is 0.00264. The van der Waals surface area contributed by atoms with Crippen molar-refractivity contribution in [3.63, 3.8) is 0 Å². The maximum Gasteiger partial charge on any atom is 0.348 e. The Morgan fingerprint density at radius 2 is 1.63 bits per heavy atom. The third kappa shape index (κ3) is 4.98. The second-order valence-corrected chi connectivity index (χ2v) is 11.1. The zero-order chi connectivity index (χ0) is 27.5. The highest BCUT2D eigenvalue weighted by Gasteiger charge is 2.66. The lowest BCUT2D eigenvalue weighted by Crippen LogP contribution is -2.57. The van der Waals surface area contributed by atoms with Crippen LogP contribution in [0.15, 0.2) is 83.8 Å². The molecule has 3 aromatic rings. The van der Waals surface area contributed by atoms with Crippen LogP contribution in [0.5, 0.6) is 11.5 Å². The molecule has 11 nitrogen and oxygen atoms in total. The minimum Gasteiger partial charge on any atom is -0.485 e. The van der Waals surface area contributed by atoms with Crippen molar-refractivity contribution in [2.24, 2.45) is 0 Å². The van der Waals surface area contributed by atoms with Crippen LogP contribution in [0.2, 0.25) is 0 Å². The Labute approximate surface area is 218 Å². The molecule has 1 saturated heterocycles. The number of aliphatic hydroxyl groups excluding tert-OH is 2. The van der Waals surface area contributed by atoms with E-state index in [1.165, 1.54) is 42.5 Å². The van der Waals surface area contributed by atoms with E-state index in [9.17, 15) is 33.5 Å². The highest BCUT2D eigenvalue weighted by molar-refractivity contribution is 7.92. The Hall–Kier alpha value is -3.84. The summed E-state index contributed by atoms with van der Waals surface area (Å²) in [4.78, 5) is 19.2. The van der Waals surface area contributed by atoms with Crippen LogP contribution in [0.3, 0.4) is 0 Å². The van der Waals surface area contributed by atoms with Crippen molar-refractivity contribution in [1.82, 2.24) is 0 Å². The van der Waals surface area contributed by atoms with Crippen LogP contribution in [-0.4, -0.2) is 59.3 Å². The fourth-order valence-electron chi connectivity index (χ4n) is 4.05. The molecule has 5 atom stereocenters. The highest BCUT2D eigenvalue weighted by atomic mass is 32.2. The molecular weight excluding hydrogens is 518 g/mol. The topological polar surface area (TPSA) is 162 Å². The van der Waals surface area contributed by atoms with E-state index in [-0.39, 0.29) is 28.6 Å². The van der Waals surface area contributed by atoms with E-state index in [2.05, 4.69) is 0 Å². The van der Waals surface area contributed by atoms with Crippen LogP contribution in [0, 0.1) is 10.1 Å². The van der Waals surface area contributed by atoms with Crippen molar-refractivity contribution < 1.29 is 42.6 Å². The first-order chi connectivity index (χ1) is 18.1. The number of aliphatic hydroxyl groups is 2. The van der Waals surface area contributed by atoms with Gasteiger partial charge in [-0.2, -0.15) is 0 Å². The van der Waals surface area contributed by atoms with Crippen LogP contribution >= 0.6 is 0 Å². The number of hydrogen-bond acceptors (Lipinski definition) is 10. The third-order valence-electron chi connectivity index (χ3n) is 6.29. The SMILES string of the molecule is CC([C@H]1O[C@@H](Oc2ccc(C=O)cc2OCc2ccccc2)[C@H](O)[C@@H]1O)([N+](=O)[O-])S(=O)(=O)c1ccccc1. The maximum absolute atomic E-state index is 13.3. The summed E-state index contributed by atoms with van der Waals surface area (Å²) in [5.41, 5.74) is 1.08. The molecule has 0 aliphatic carbocycles. The van der Waals surface area contributed by atoms with Gasteiger partial charge in [0.1, 0.15) is 25.1 Å². The molecule has 1 aliphatic heterocycles. The van der Waals surface area contributed by atoms with Crippen molar-refractivity contribution in [2.75, 3.05) is 0 Å². The van der Waals surface area contributed by atoms with E-state index < -0.39 is 44.2 Å². The van der Waals surface area contributed by atoms with Crippen LogP contribution in [0.4, 0.5) is 0 Å². The monoisotopic (exact) mass is 543 g/mol. The summed E-state index contributed by atoms with van der Waals surface area (Å²) in [6.07, 6.45) is -6.93. The third-order valence-corrected chi connectivity index (χ3v) is 8.65. The normalized spacial score (nSPS) is 22.8. The fraction of sp³-hybridized carbons (Fsp3) is 0.269. The van der Waals surface area contributed by atoms with Gasteiger partial charge in [0.2, 0.25) is 6.29 Å². The van der Waals surface area contributed by atoms with Gasteiger partial charge in [-0.15, -0.1) is 0 Å². The van der Waals surface area contributed by atoms with E-state index in [0.717, 1.165) is 12.5 Å². The summed E-state index contributed by atoms with van der Waals surface area (Å²) in [6.45, 7) is 0.916. The van der Waals surface area contributed by atoms with Gasteiger partial charge in [0.25, 0.3) is 9.84 Å². The Kier molecular flexibility index (Phi) is 7.78. The first-order valence-corrected chi connectivity index (χ1v) is 13.0. The quantitative estimate of drug-likeness (QED) is 0.220. The summed E-state index contributed by atoms with van der Waals surface area (Å²) >= 11 is 0. The van der Waals surface area contributed by atoms with E-state index in [0.29, 0.717) is 6.29 Å². The summed E-state index contributed by atoms with van der Waals surface area (Å²) in [6, 6.07) is 20.0. The highest BCUT2D eigenvalue weighted by Crippen LogP contribution is 2.40. The van der Waals surface area contributed by atoms with Gasteiger partial charge in [0.15, 0.2) is 17.6 Å². The summed E-state index contributed by atoms with van der Waals surface area (Å²) in [7, 11) is -4.71. The molecular formula is C26H25NO10S. The molecule has 12 heteroatoms. The van der Waals surface area contributed by atoms with Gasteiger partial charge in [-0.05, 0) is 35.9 Å². The van der Waals surface area contributed by atoms with Crippen LogP contribution < -0.4 is 9.47 Å². The molecule has 0 bridgehead atoms. The number of nitrogens with zero attached hydrogens (tertiary/aromatic N) is 1. The molecule has 4 rings (SSSR count). The molecule has 1 heterocycles. The predicted molar refractivity (Wildman–Crippen MR) is 133 cm³/mol. The van der Waals surface area contributed by atoms with Crippen molar-refractivity contribution in [1.29, 1.82) is 0 Å². The number of aldehydes is 1. The number of hydrogen-bond donors (Lipinski definition) is 2. The molecule has 3 aromatic carbocycles. The van der Waals surface area contributed by atoms with Crippen molar-refractivity contribution in [3.05, 3.63) is 100 Å². The van der Waals surface area contributed by atoms with E-state index in [1.54, 1.807) is 6.07 Å². The lowest BCUT2D eigenvalue weighted by molar-refractivity contribution is -0.551. The molecule has 0 aromatic heterocycles. The second kappa shape index (κ2) is 10.9. The van der Waals surface area contributed by atoms with Crippen molar-refractivity contribution in [2.45, 2.75) is 47.9 Å². The van der Waals surface area contributed by atoms with Crippen molar-refractivity contribution >= 4 is 16.1 Å². The van der Waals surface area contributed by atoms with Gasteiger partial charge in [-0.25, -0.2) is 8.42 Å². The number of ether oxygens (including phenoxy) is 3. The summed E-state index contributed by atoms with van der Waals surface area (Å²) < 4.78 is 43.7. The van der Waals surface area contributed by atoms with Gasteiger partial charge in [0, 0.05) is 17.4 Å². The number of carbonyl (C=O) groups is 1. The van der Waals surface area contributed by atoms with Gasteiger partial charge in [-0.1, -0.05) is 48.5 Å². The largest absolute Gasteiger partial charge is 0.485 e. The molecule has 1 aliphatic rings. The lowest BCUT2D eigenvalue weighted by atomic mass is 10.1. The van der Waals surface area contributed by atoms with Gasteiger partial charge >= 0.3 is 4.87 Å². The molecule has 0 saturated carbocycles. The van der Waals surface area contributed by atoms with Gasteiger partial charge in [-0.3, -0.25) is 14.9 Å². The van der Waals surface area contributed by atoms with Crippen molar-refractivity contribution in [3.8, 4) is 11.5 Å². The molecule has 0 radical (unpaired) electrons. The molecule has 0 amide bonds. The number of benzene rings is 3. The second-order valence-electron chi connectivity index (χ2n) is 8.75. The average molecular weight is 544 g/mol. The zero-order valence-corrected chi connectivity index (χ0v) is 20.9. The van der Waals surface area contributed by atoms with E-state index in [1.807, 2.05) is 30.3 Å². The number of rotatable bonds is 10. The Morgan fingerprint density at radius 1 is 1.00 bits per heavy atom. The Balaban J connectivity index is 1.62. The predicted octanol–water partition coefficient (Wildman–Crippen LogP) is 2.37. The minimum atomic E-state index is -4.71. The molecule has 38 heavy (non-hydrogen) atoms. The standard InChI is InChI=1S/C26H25NO10S/c1-26(27(31)32,38(33,34)19-10-6-3-7-11-19)24-22(29)23(30)25(37-24)36-20-13-12-18(15-28)14-21(20)35-16-17-8-4-2-5-9-17/h2-15,22-25,29-30H,16H2,1H3/t22-,23+,24-,25+,26?/m0/s1. The number of nitro groups is 1. The van der Waals surface area contributed by atoms with Crippen LogP contribution in [0.25, 0.3) is 0 Å². The van der Waals surface area contributed by atoms with Gasteiger partial charge < -0.3 is 24.4 Å². The number of sulfone groups is 1. The first kappa shape index (κ1) is 27.2. The smallest absolute Gasteiger partial charge is 0.348 e. The summed E-state index contributed by atoms with van der Waals surface area (Å²) in [5.74, 6) is 0.0956. The first-order valence-electron chi connectivity index (χ1n) is 11.5. The average Bonchev–Trinajstić information content (AvgIpc) is 3.21. The van der Waals surface area contributed by atoms with E-state index in [4.69, 9.17) is 14.2 Å².